The number of Topliss-reactive ketones (excluding diaryl/α,β-unsaturated/α-hetero) is 1. The molecule has 0 aromatic heterocycles. The summed E-state index contributed by atoms with van der Waals surface area (Å²) in [5, 5.41) is 2.54. The molecular weight excluding hydrogens is 445 g/mol. The Morgan fingerprint density at radius 1 is 1.27 bits per heavy atom. The van der Waals surface area contributed by atoms with Crippen LogP contribution in [-0.4, -0.2) is 17.7 Å². The number of carbonyl (C=O) groups excluding carboxylic acids is 1. The molecule has 158 valence electrons. The number of aryl methyl sites for hydroxylation is 1. The van der Waals surface area contributed by atoms with Gasteiger partial charge < -0.3 is 4.84 Å². The van der Waals surface area contributed by atoms with E-state index in [-0.39, 0.29) is 17.9 Å². The molecule has 1 atom stereocenters. The number of alkyl halides is 3. The summed E-state index contributed by atoms with van der Waals surface area (Å²) < 4.78 is 55.9. The Morgan fingerprint density at radius 2 is 1.90 bits per heavy atom. The molecule has 0 N–H and O–H groups in total. The summed E-state index contributed by atoms with van der Waals surface area (Å²) in [7, 11) is 0. The van der Waals surface area contributed by atoms with E-state index in [1.54, 1.807) is 13.0 Å². The fraction of sp³-hybridized carbons (Fsp3) is 0.238. The Morgan fingerprint density at radius 3 is 2.43 bits per heavy atom. The van der Waals surface area contributed by atoms with E-state index in [1.165, 1.54) is 18.2 Å². The van der Waals surface area contributed by atoms with Crippen molar-refractivity contribution in [1.82, 2.24) is 0 Å². The van der Waals surface area contributed by atoms with Crippen LogP contribution in [0.5, 0.6) is 0 Å². The van der Waals surface area contributed by atoms with E-state index in [4.69, 9.17) is 28.0 Å². The van der Waals surface area contributed by atoms with E-state index in [2.05, 4.69) is 11.7 Å². The number of carbonyl (C=O) groups is 1. The molecule has 30 heavy (non-hydrogen) atoms. The molecule has 0 saturated carbocycles. The first-order chi connectivity index (χ1) is 14.0. The molecule has 0 amide bonds. The molecule has 0 bridgehead atoms. The number of rotatable bonds is 5. The minimum absolute atomic E-state index is 0.0229. The predicted octanol–water partition coefficient (Wildman–Crippen LogP) is 6.78. The third-order valence-corrected chi connectivity index (χ3v) is 5.38. The van der Waals surface area contributed by atoms with E-state index in [0.717, 1.165) is 12.1 Å². The summed E-state index contributed by atoms with van der Waals surface area (Å²) in [5.74, 6) is -1.17. The van der Waals surface area contributed by atoms with Gasteiger partial charge in [0.25, 0.3) is 5.60 Å². The smallest absolute Gasteiger partial charge is 0.374 e. The van der Waals surface area contributed by atoms with Gasteiger partial charge in [0, 0.05) is 24.0 Å². The molecule has 0 radical (unpaired) electrons. The van der Waals surface area contributed by atoms with E-state index in [1.807, 2.05) is 0 Å². The van der Waals surface area contributed by atoms with Crippen LogP contribution in [0.3, 0.4) is 0 Å². The minimum atomic E-state index is -4.89. The molecule has 0 fully saturated rings. The Labute approximate surface area is 179 Å². The summed E-state index contributed by atoms with van der Waals surface area (Å²) in [6.45, 7) is 5.19. The number of nitrogens with zero attached hydrogens (tertiary/aromatic N) is 1. The maximum absolute atomic E-state index is 14.1. The Kier molecular flexibility index (Phi) is 5.98. The van der Waals surface area contributed by atoms with E-state index >= 15 is 0 Å². The van der Waals surface area contributed by atoms with Crippen LogP contribution < -0.4 is 0 Å². The summed E-state index contributed by atoms with van der Waals surface area (Å²) in [6.07, 6.45) is -3.94. The molecule has 0 saturated heterocycles. The zero-order chi connectivity index (χ0) is 22.3. The average molecular weight is 460 g/mol. The molecule has 1 aliphatic heterocycles. The van der Waals surface area contributed by atoms with Crippen LogP contribution in [-0.2, 0) is 10.4 Å². The Balaban J connectivity index is 2.00. The summed E-state index contributed by atoms with van der Waals surface area (Å²) in [4.78, 5) is 17.0. The van der Waals surface area contributed by atoms with Crippen molar-refractivity contribution < 1.29 is 27.2 Å². The third kappa shape index (κ3) is 3.84. The van der Waals surface area contributed by atoms with E-state index in [9.17, 15) is 22.4 Å². The predicted molar refractivity (Wildman–Crippen MR) is 107 cm³/mol. The second-order valence-electron chi connectivity index (χ2n) is 6.83. The van der Waals surface area contributed by atoms with Crippen LogP contribution in [0.25, 0.3) is 0 Å². The lowest BCUT2D eigenvalue weighted by atomic mass is 9.86. The molecule has 2 aromatic rings. The highest BCUT2D eigenvalue weighted by Gasteiger charge is 2.62. The van der Waals surface area contributed by atoms with Crippen LogP contribution >= 0.6 is 23.2 Å². The maximum atomic E-state index is 14.1. The van der Waals surface area contributed by atoms with Gasteiger partial charge in [-0.1, -0.05) is 46.6 Å². The van der Waals surface area contributed by atoms with Crippen molar-refractivity contribution in [1.29, 1.82) is 0 Å². The lowest BCUT2D eigenvalue weighted by molar-refractivity contribution is -0.275. The first-order valence-corrected chi connectivity index (χ1v) is 9.47. The van der Waals surface area contributed by atoms with Gasteiger partial charge in [-0.2, -0.15) is 13.2 Å². The number of hydrogen-bond acceptors (Lipinski definition) is 3. The molecule has 0 unspecified atom stereocenters. The van der Waals surface area contributed by atoms with Gasteiger partial charge in [0.15, 0.2) is 11.6 Å². The van der Waals surface area contributed by atoms with Gasteiger partial charge in [0.1, 0.15) is 0 Å². The minimum Gasteiger partial charge on any atom is -0.374 e. The number of halogens is 6. The van der Waals surface area contributed by atoms with Gasteiger partial charge in [-0.05, 0) is 36.2 Å². The largest absolute Gasteiger partial charge is 0.435 e. The van der Waals surface area contributed by atoms with Crippen LogP contribution in [0, 0.1) is 12.7 Å². The topological polar surface area (TPSA) is 38.7 Å². The first kappa shape index (κ1) is 22.3. The monoisotopic (exact) mass is 459 g/mol. The quantitative estimate of drug-likeness (QED) is 0.214. The molecule has 3 rings (SSSR count). The second-order valence-corrected chi connectivity index (χ2v) is 7.64. The third-order valence-electron chi connectivity index (χ3n) is 4.83. The molecule has 1 aliphatic rings. The number of allylic oxidation sites excluding steroid dienone is 1. The lowest BCUT2D eigenvalue weighted by Gasteiger charge is -2.29. The lowest BCUT2D eigenvalue weighted by Crippen LogP contribution is -2.42. The van der Waals surface area contributed by atoms with Crippen molar-refractivity contribution >= 4 is 34.7 Å². The molecule has 3 nitrogen and oxygen atoms in total. The van der Waals surface area contributed by atoms with Gasteiger partial charge in [0.05, 0.1) is 15.8 Å². The van der Waals surface area contributed by atoms with Gasteiger partial charge in [0.2, 0.25) is 0 Å². The van der Waals surface area contributed by atoms with Crippen molar-refractivity contribution in [3.63, 3.8) is 0 Å². The van der Waals surface area contributed by atoms with Crippen LogP contribution in [0.4, 0.5) is 17.6 Å². The zero-order valence-corrected chi connectivity index (χ0v) is 17.1. The van der Waals surface area contributed by atoms with Crippen molar-refractivity contribution in [3.05, 3.63) is 81.1 Å². The number of ketones is 1. The standard InChI is InChI=1S/C21H15Cl2F4NO2/c1-3-4-18(29)14-6-5-12(7-11(14)2)17-10-20(30-28-17,21(25,26)27)13-8-15(22)19(24)16(23)9-13/h3,5-9H,1,4,10H2,2H3/t20-/m0/s1. The van der Waals surface area contributed by atoms with Crippen molar-refractivity contribution in [2.75, 3.05) is 0 Å². The SMILES string of the molecule is C=CCC(=O)c1ccc(C2=NO[C@@](c3cc(Cl)c(F)c(Cl)c3)(C(F)(F)F)C2)cc1C. The fourth-order valence-corrected chi connectivity index (χ4v) is 3.73. The summed E-state index contributed by atoms with van der Waals surface area (Å²) >= 11 is 11.4. The zero-order valence-electron chi connectivity index (χ0n) is 15.6. The van der Waals surface area contributed by atoms with E-state index < -0.39 is 39.6 Å². The highest BCUT2D eigenvalue weighted by Crippen LogP contribution is 2.50. The van der Waals surface area contributed by atoms with E-state index in [0.29, 0.717) is 16.7 Å². The van der Waals surface area contributed by atoms with Gasteiger partial charge in [-0.3, -0.25) is 4.79 Å². The van der Waals surface area contributed by atoms with Gasteiger partial charge in [-0.15, -0.1) is 6.58 Å². The van der Waals surface area contributed by atoms with Crippen LogP contribution in [0.15, 0.2) is 48.1 Å². The Bertz CT molecular complexity index is 1040. The van der Waals surface area contributed by atoms with Crippen molar-refractivity contribution in [2.24, 2.45) is 5.16 Å². The number of oxime groups is 1. The normalized spacial score (nSPS) is 18.7. The van der Waals surface area contributed by atoms with Crippen molar-refractivity contribution in [3.8, 4) is 0 Å². The average Bonchev–Trinajstić information content (AvgIpc) is 3.12. The van der Waals surface area contributed by atoms with Crippen LogP contribution in [0.1, 0.15) is 39.9 Å². The van der Waals surface area contributed by atoms with Gasteiger partial charge in [-0.25, -0.2) is 4.39 Å². The molecular formula is C21H15Cl2F4NO2. The van der Waals surface area contributed by atoms with Gasteiger partial charge >= 0.3 is 6.18 Å². The molecule has 1 heterocycles. The number of benzene rings is 2. The number of hydrogen-bond donors (Lipinski definition) is 0. The highest BCUT2D eigenvalue weighted by molar-refractivity contribution is 6.35. The molecule has 2 aromatic carbocycles. The highest BCUT2D eigenvalue weighted by atomic mass is 35.5. The maximum Gasteiger partial charge on any atom is 0.435 e. The second kappa shape index (κ2) is 8.04. The molecule has 0 spiro atoms. The Hall–Kier alpha value is -2.38. The van der Waals surface area contributed by atoms with Crippen LogP contribution in [0.2, 0.25) is 10.0 Å². The van der Waals surface area contributed by atoms with Crippen molar-refractivity contribution in [2.45, 2.75) is 31.5 Å². The molecule has 9 heteroatoms. The molecule has 0 aliphatic carbocycles. The summed E-state index contributed by atoms with van der Waals surface area (Å²) in [5.41, 5.74) is -1.91. The fourth-order valence-electron chi connectivity index (χ4n) is 3.24. The first-order valence-electron chi connectivity index (χ1n) is 8.72. The summed E-state index contributed by atoms with van der Waals surface area (Å²) in [6, 6.07) is 6.25.